The van der Waals surface area contributed by atoms with E-state index in [2.05, 4.69) is 23.0 Å². The average Bonchev–Trinajstić information content (AvgIpc) is 2.87. The minimum absolute atomic E-state index is 0.356. The third-order valence-corrected chi connectivity index (χ3v) is 6.10. The van der Waals surface area contributed by atoms with Gasteiger partial charge in [-0.1, -0.05) is 51.9 Å². The first kappa shape index (κ1) is 19.3. The van der Waals surface area contributed by atoms with E-state index in [-0.39, 0.29) is 0 Å². The molecule has 0 unspecified atom stereocenters. The van der Waals surface area contributed by atoms with Gasteiger partial charge in [0.15, 0.2) is 0 Å². The normalized spacial score (nSPS) is 16.4. The van der Waals surface area contributed by atoms with Crippen LogP contribution < -0.4 is 0 Å². The molecule has 1 saturated carbocycles. The molecule has 3 nitrogen and oxygen atoms in total. The second-order valence-corrected chi connectivity index (χ2v) is 8.14. The summed E-state index contributed by atoms with van der Waals surface area (Å²) in [5, 5.41) is 11.0. The van der Waals surface area contributed by atoms with Crippen LogP contribution in [-0.4, -0.2) is 34.6 Å². The third-order valence-electron chi connectivity index (χ3n) is 6.10. The monoisotopic (exact) mass is 356 g/mol. The van der Waals surface area contributed by atoms with Gasteiger partial charge in [0.05, 0.1) is 0 Å². The van der Waals surface area contributed by atoms with Gasteiger partial charge in [0.25, 0.3) is 0 Å². The summed E-state index contributed by atoms with van der Waals surface area (Å²) in [6.07, 6.45) is 15.8. The van der Waals surface area contributed by atoms with Crippen molar-refractivity contribution in [3.8, 4) is 5.75 Å². The van der Waals surface area contributed by atoms with Gasteiger partial charge in [0.1, 0.15) is 5.75 Å². The lowest BCUT2D eigenvalue weighted by molar-refractivity contribution is 0.243. The molecule has 0 spiro atoms. The highest BCUT2D eigenvalue weighted by Crippen LogP contribution is 2.26. The molecule has 1 aromatic carbocycles. The van der Waals surface area contributed by atoms with E-state index in [9.17, 15) is 5.11 Å². The van der Waals surface area contributed by atoms with Crippen molar-refractivity contribution < 1.29 is 5.11 Å². The lowest BCUT2D eigenvalue weighted by Gasteiger charge is -2.24. The standard InChI is InChI=1S/C23H36N2O/c1-2-3-14-25(15-12-19-8-6-4-5-7-9-19)16-13-20-18-24-23-11-10-21(26)17-22(20)23/h10-11,17-19,24,26H,2-9,12-16H2,1H3. The molecule has 2 N–H and O–H groups in total. The summed E-state index contributed by atoms with van der Waals surface area (Å²) in [6.45, 7) is 5.87. The van der Waals surface area contributed by atoms with E-state index in [1.807, 2.05) is 12.1 Å². The van der Waals surface area contributed by atoms with E-state index in [1.54, 1.807) is 6.07 Å². The summed E-state index contributed by atoms with van der Waals surface area (Å²) in [5.74, 6) is 1.31. The summed E-state index contributed by atoms with van der Waals surface area (Å²) >= 11 is 0. The van der Waals surface area contributed by atoms with Crippen LogP contribution in [0.4, 0.5) is 0 Å². The summed E-state index contributed by atoms with van der Waals surface area (Å²) < 4.78 is 0. The fourth-order valence-corrected chi connectivity index (χ4v) is 4.39. The SMILES string of the molecule is CCCCN(CCc1c[nH]c2ccc(O)cc12)CCC1CCCCCC1. The van der Waals surface area contributed by atoms with Crippen molar-refractivity contribution in [2.24, 2.45) is 5.92 Å². The van der Waals surface area contributed by atoms with E-state index in [1.165, 1.54) is 81.8 Å². The number of aromatic hydroxyl groups is 1. The highest BCUT2D eigenvalue weighted by atomic mass is 16.3. The maximum atomic E-state index is 9.79. The van der Waals surface area contributed by atoms with Crippen LogP contribution >= 0.6 is 0 Å². The van der Waals surface area contributed by atoms with Crippen molar-refractivity contribution in [2.45, 2.75) is 71.1 Å². The Labute approximate surface area is 158 Å². The third kappa shape index (κ3) is 5.51. The predicted molar refractivity (Wildman–Crippen MR) is 111 cm³/mol. The van der Waals surface area contributed by atoms with Crippen LogP contribution in [0.1, 0.15) is 70.3 Å². The first-order valence-electron chi connectivity index (χ1n) is 10.8. The maximum absolute atomic E-state index is 9.79. The van der Waals surface area contributed by atoms with Gasteiger partial charge in [-0.2, -0.15) is 0 Å². The van der Waals surface area contributed by atoms with E-state index < -0.39 is 0 Å². The number of unbranched alkanes of at least 4 members (excludes halogenated alkanes) is 1. The predicted octanol–water partition coefficient (Wildman–Crippen LogP) is 5.88. The zero-order chi connectivity index (χ0) is 18.2. The minimum atomic E-state index is 0.356. The fourth-order valence-electron chi connectivity index (χ4n) is 4.39. The number of benzene rings is 1. The molecule has 1 heterocycles. The number of nitrogens with one attached hydrogen (secondary N) is 1. The van der Waals surface area contributed by atoms with Crippen molar-refractivity contribution in [2.75, 3.05) is 19.6 Å². The lowest BCUT2D eigenvalue weighted by atomic mass is 9.96. The van der Waals surface area contributed by atoms with Crippen molar-refractivity contribution >= 4 is 10.9 Å². The Hall–Kier alpha value is -1.48. The van der Waals surface area contributed by atoms with E-state index in [0.717, 1.165) is 24.4 Å². The molecule has 1 aliphatic carbocycles. The first-order valence-corrected chi connectivity index (χ1v) is 10.8. The number of hydrogen-bond acceptors (Lipinski definition) is 2. The van der Waals surface area contributed by atoms with Gasteiger partial charge in [-0.05, 0) is 62.0 Å². The summed E-state index contributed by atoms with van der Waals surface area (Å²) in [4.78, 5) is 6.02. The second-order valence-electron chi connectivity index (χ2n) is 8.14. The number of phenols is 1. The van der Waals surface area contributed by atoms with Crippen LogP contribution in [0.25, 0.3) is 10.9 Å². The first-order chi connectivity index (χ1) is 12.8. The number of nitrogens with zero attached hydrogens (tertiary/aromatic N) is 1. The number of aromatic nitrogens is 1. The van der Waals surface area contributed by atoms with E-state index >= 15 is 0 Å². The molecule has 0 atom stereocenters. The van der Waals surface area contributed by atoms with Crippen LogP contribution in [0.2, 0.25) is 0 Å². The number of phenolic OH excluding ortho intramolecular Hbond substituents is 1. The molecule has 3 rings (SSSR count). The number of rotatable bonds is 9. The zero-order valence-electron chi connectivity index (χ0n) is 16.5. The van der Waals surface area contributed by atoms with Crippen molar-refractivity contribution in [3.63, 3.8) is 0 Å². The highest BCUT2D eigenvalue weighted by Gasteiger charge is 2.15. The maximum Gasteiger partial charge on any atom is 0.116 e. The Balaban J connectivity index is 1.55. The van der Waals surface area contributed by atoms with Gasteiger partial charge in [-0.25, -0.2) is 0 Å². The van der Waals surface area contributed by atoms with Crippen LogP contribution in [0.3, 0.4) is 0 Å². The Morgan fingerprint density at radius 2 is 1.88 bits per heavy atom. The molecular formula is C23H36N2O. The molecule has 3 heteroatoms. The molecule has 0 saturated heterocycles. The van der Waals surface area contributed by atoms with Gasteiger partial charge >= 0.3 is 0 Å². The molecule has 144 valence electrons. The number of fused-ring (bicyclic) bond motifs is 1. The Morgan fingerprint density at radius 3 is 2.65 bits per heavy atom. The molecule has 1 aromatic heterocycles. The van der Waals surface area contributed by atoms with Crippen LogP contribution in [-0.2, 0) is 6.42 Å². The smallest absolute Gasteiger partial charge is 0.116 e. The summed E-state index contributed by atoms with van der Waals surface area (Å²) in [5.41, 5.74) is 2.45. The zero-order valence-corrected chi connectivity index (χ0v) is 16.5. The Morgan fingerprint density at radius 1 is 1.08 bits per heavy atom. The summed E-state index contributed by atoms with van der Waals surface area (Å²) in [6, 6.07) is 5.61. The fraction of sp³-hybridized carbons (Fsp3) is 0.652. The molecule has 0 amide bonds. The molecule has 1 fully saturated rings. The Bertz CT molecular complexity index is 655. The van der Waals surface area contributed by atoms with Crippen molar-refractivity contribution in [1.82, 2.24) is 9.88 Å². The Kier molecular flexibility index (Phi) is 7.43. The topological polar surface area (TPSA) is 39.3 Å². The second kappa shape index (κ2) is 10.0. The van der Waals surface area contributed by atoms with E-state index in [4.69, 9.17) is 0 Å². The van der Waals surface area contributed by atoms with Gasteiger partial charge in [0, 0.05) is 23.6 Å². The molecular weight excluding hydrogens is 320 g/mol. The highest BCUT2D eigenvalue weighted by molar-refractivity contribution is 5.84. The molecule has 0 radical (unpaired) electrons. The van der Waals surface area contributed by atoms with Crippen molar-refractivity contribution in [1.29, 1.82) is 0 Å². The van der Waals surface area contributed by atoms with Crippen LogP contribution in [0.5, 0.6) is 5.75 Å². The average molecular weight is 357 g/mol. The van der Waals surface area contributed by atoms with Gasteiger partial charge in [0.2, 0.25) is 0 Å². The number of aromatic amines is 1. The van der Waals surface area contributed by atoms with E-state index in [0.29, 0.717) is 5.75 Å². The van der Waals surface area contributed by atoms with Crippen molar-refractivity contribution in [3.05, 3.63) is 30.0 Å². The lowest BCUT2D eigenvalue weighted by Crippen LogP contribution is -2.29. The molecule has 0 bridgehead atoms. The van der Waals surface area contributed by atoms with Gasteiger partial charge < -0.3 is 15.0 Å². The quantitative estimate of drug-likeness (QED) is 0.551. The van der Waals surface area contributed by atoms with Gasteiger partial charge in [-0.3, -0.25) is 0 Å². The largest absolute Gasteiger partial charge is 0.508 e. The molecule has 2 aromatic rings. The van der Waals surface area contributed by atoms with Gasteiger partial charge in [-0.15, -0.1) is 0 Å². The summed E-state index contributed by atoms with van der Waals surface area (Å²) in [7, 11) is 0. The minimum Gasteiger partial charge on any atom is -0.508 e. The van der Waals surface area contributed by atoms with Crippen LogP contribution in [0, 0.1) is 5.92 Å². The molecule has 1 aliphatic rings. The molecule has 26 heavy (non-hydrogen) atoms. The number of H-pyrrole nitrogens is 1. The number of hydrogen-bond donors (Lipinski definition) is 2. The molecule has 0 aliphatic heterocycles. The van der Waals surface area contributed by atoms with Crippen LogP contribution in [0.15, 0.2) is 24.4 Å².